The van der Waals surface area contributed by atoms with Gasteiger partial charge in [0.15, 0.2) is 0 Å². The first kappa shape index (κ1) is 10.6. The summed E-state index contributed by atoms with van der Waals surface area (Å²) in [4.78, 5) is 6.42. The van der Waals surface area contributed by atoms with E-state index in [1.54, 1.807) is 12.7 Å². The topological polar surface area (TPSA) is 46.0 Å². The molecule has 1 aromatic rings. The Morgan fingerprint density at radius 2 is 1.93 bits per heavy atom. The number of likely N-dealkylation sites (tertiary alicyclic amines) is 1. The van der Waals surface area contributed by atoms with Crippen LogP contribution in [-0.4, -0.2) is 52.4 Å². The van der Waals surface area contributed by atoms with Gasteiger partial charge in [-0.2, -0.15) is 5.10 Å². The second-order valence-electron chi connectivity index (χ2n) is 3.96. The van der Waals surface area contributed by atoms with Crippen molar-refractivity contribution >= 4 is 0 Å². The van der Waals surface area contributed by atoms with Gasteiger partial charge in [-0.25, -0.2) is 4.98 Å². The summed E-state index contributed by atoms with van der Waals surface area (Å²) in [6.45, 7) is 6.69. The van der Waals surface area contributed by atoms with Crippen molar-refractivity contribution in [1.29, 1.82) is 0 Å². The molecule has 5 nitrogen and oxygen atoms in total. The lowest BCUT2D eigenvalue weighted by Crippen LogP contribution is -2.31. The summed E-state index contributed by atoms with van der Waals surface area (Å²) in [6.07, 6.45) is 6.07. The van der Waals surface area contributed by atoms with Crippen LogP contribution in [0.1, 0.15) is 12.8 Å². The maximum Gasteiger partial charge on any atom is 0.137 e. The van der Waals surface area contributed by atoms with Gasteiger partial charge in [0.1, 0.15) is 12.7 Å². The molecule has 0 amide bonds. The van der Waals surface area contributed by atoms with Gasteiger partial charge < -0.3 is 10.2 Å². The number of nitrogens with one attached hydrogen (secondary N) is 1. The van der Waals surface area contributed by atoms with E-state index >= 15 is 0 Å². The van der Waals surface area contributed by atoms with Crippen LogP contribution in [0, 0.1) is 0 Å². The third-order valence-corrected chi connectivity index (χ3v) is 2.79. The molecule has 0 aliphatic carbocycles. The van der Waals surface area contributed by atoms with Crippen molar-refractivity contribution in [3.8, 4) is 0 Å². The SMILES string of the molecule is c1ncn(CCNCCN2CCCC2)n1. The van der Waals surface area contributed by atoms with Gasteiger partial charge in [-0.15, -0.1) is 0 Å². The third-order valence-electron chi connectivity index (χ3n) is 2.79. The van der Waals surface area contributed by atoms with Gasteiger partial charge in [0.25, 0.3) is 0 Å². The van der Waals surface area contributed by atoms with E-state index in [1.165, 1.54) is 32.5 Å². The van der Waals surface area contributed by atoms with Gasteiger partial charge in [-0.3, -0.25) is 4.68 Å². The van der Waals surface area contributed by atoms with Crippen molar-refractivity contribution in [2.75, 3.05) is 32.7 Å². The number of aromatic nitrogens is 3. The van der Waals surface area contributed by atoms with Gasteiger partial charge >= 0.3 is 0 Å². The van der Waals surface area contributed by atoms with Crippen LogP contribution in [0.15, 0.2) is 12.7 Å². The Bertz CT molecular complexity index is 253. The van der Waals surface area contributed by atoms with Crippen molar-refractivity contribution in [1.82, 2.24) is 25.0 Å². The average molecular weight is 209 g/mol. The largest absolute Gasteiger partial charge is 0.314 e. The zero-order chi connectivity index (χ0) is 10.3. The minimum absolute atomic E-state index is 0.903. The molecule has 1 N–H and O–H groups in total. The first-order valence-corrected chi connectivity index (χ1v) is 5.70. The summed E-state index contributed by atoms with van der Waals surface area (Å²) < 4.78 is 1.85. The first-order valence-electron chi connectivity index (χ1n) is 5.70. The Balaban J connectivity index is 1.48. The quantitative estimate of drug-likeness (QED) is 0.668. The molecule has 1 aromatic heterocycles. The van der Waals surface area contributed by atoms with Crippen molar-refractivity contribution in [2.24, 2.45) is 0 Å². The highest BCUT2D eigenvalue weighted by atomic mass is 15.3. The first-order chi connectivity index (χ1) is 7.45. The van der Waals surface area contributed by atoms with Crippen LogP contribution < -0.4 is 5.32 Å². The predicted octanol–water partition coefficient (Wildman–Crippen LogP) is -0.0365. The van der Waals surface area contributed by atoms with Gasteiger partial charge in [0.05, 0.1) is 6.54 Å². The summed E-state index contributed by atoms with van der Waals surface area (Å²) >= 11 is 0. The molecule has 0 saturated carbocycles. The second-order valence-corrected chi connectivity index (χ2v) is 3.96. The zero-order valence-corrected chi connectivity index (χ0v) is 9.10. The maximum absolute atomic E-state index is 4.05. The van der Waals surface area contributed by atoms with Gasteiger partial charge in [-0.1, -0.05) is 0 Å². The summed E-state index contributed by atoms with van der Waals surface area (Å²) in [5, 5.41) is 7.47. The fraction of sp³-hybridized carbons (Fsp3) is 0.800. The number of hydrogen-bond donors (Lipinski definition) is 1. The highest BCUT2D eigenvalue weighted by Crippen LogP contribution is 2.05. The van der Waals surface area contributed by atoms with Crippen molar-refractivity contribution in [3.05, 3.63) is 12.7 Å². The molecule has 2 heterocycles. The smallest absolute Gasteiger partial charge is 0.137 e. The minimum Gasteiger partial charge on any atom is -0.314 e. The van der Waals surface area contributed by atoms with Crippen LogP contribution in [0.25, 0.3) is 0 Å². The van der Waals surface area contributed by atoms with E-state index in [1.807, 2.05) is 4.68 Å². The monoisotopic (exact) mass is 209 g/mol. The minimum atomic E-state index is 0.903. The van der Waals surface area contributed by atoms with Crippen LogP contribution in [0.5, 0.6) is 0 Å². The summed E-state index contributed by atoms with van der Waals surface area (Å²) in [5.41, 5.74) is 0. The van der Waals surface area contributed by atoms with E-state index < -0.39 is 0 Å². The summed E-state index contributed by atoms with van der Waals surface area (Å²) in [7, 11) is 0. The molecule has 0 aromatic carbocycles. The standard InChI is InChI=1S/C10H19N5/c1-2-6-14(5-1)7-3-11-4-8-15-10-12-9-13-15/h9-11H,1-8H2. The fourth-order valence-electron chi connectivity index (χ4n) is 1.91. The Hall–Kier alpha value is -0.940. The fourth-order valence-corrected chi connectivity index (χ4v) is 1.91. The van der Waals surface area contributed by atoms with E-state index in [-0.39, 0.29) is 0 Å². The molecule has 1 aliphatic heterocycles. The van der Waals surface area contributed by atoms with Gasteiger partial charge in [-0.05, 0) is 25.9 Å². The predicted molar refractivity (Wildman–Crippen MR) is 58.6 cm³/mol. The van der Waals surface area contributed by atoms with Crippen molar-refractivity contribution < 1.29 is 0 Å². The van der Waals surface area contributed by atoms with E-state index in [4.69, 9.17) is 0 Å². The van der Waals surface area contributed by atoms with E-state index in [9.17, 15) is 0 Å². The van der Waals surface area contributed by atoms with Crippen LogP contribution in [0.3, 0.4) is 0 Å². The third kappa shape index (κ3) is 3.60. The van der Waals surface area contributed by atoms with Gasteiger partial charge in [0, 0.05) is 19.6 Å². The average Bonchev–Trinajstić information content (AvgIpc) is 2.88. The molecule has 0 bridgehead atoms. The zero-order valence-electron chi connectivity index (χ0n) is 9.10. The molecule has 0 spiro atoms. The Morgan fingerprint density at radius 3 is 2.67 bits per heavy atom. The van der Waals surface area contributed by atoms with Crippen LogP contribution >= 0.6 is 0 Å². The second kappa shape index (κ2) is 5.82. The summed E-state index contributed by atoms with van der Waals surface area (Å²) in [5.74, 6) is 0. The van der Waals surface area contributed by atoms with Crippen LogP contribution in [-0.2, 0) is 6.54 Å². The highest BCUT2D eigenvalue weighted by molar-refractivity contribution is 4.66. The molecule has 1 saturated heterocycles. The lowest BCUT2D eigenvalue weighted by atomic mass is 10.4. The van der Waals surface area contributed by atoms with Crippen LogP contribution in [0.2, 0.25) is 0 Å². The molecular weight excluding hydrogens is 190 g/mol. The lowest BCUT2D eigenvalue weighted by molar-refractivity contribution is 0.334. The Kier molecular flexibility index (Phi) is 4.11. The summed E-state index contributed by atoms with van der Waals surface area (Å²) in [6, 6.07) is 0. The van der Waals surface area contributed by atoms with Crippen LogP contribution in [0.4, 0.5) is 0 Å². The molecule has 5 heteroatoms. The number of rotatable bonds is 6. The maximum atomic E-state index is 4.05. The lowest BCUT2D eigenvalue weighted by Gasteiger charge is -2.14. The Labute approximate surface area is 90.5 Å². The van der Waals surface area contributed by atoms with Gasteiger partial charge in [0.2, 0.25) is 0 Å². The number of nitrogens with zero attached hydrogens (tertiary/aromatic N) is 4. The van der Waals surface area contributed by atoms with Crippen molar-refractivity contribution in [2.45, 2.75) is 19.4 Å². The highest BCUT2D eigenvalue weighted by Gasteiger charge is 2.09. The number of hydrogen-bond acceptors (Lipinski definition) is 4. The van der Waals surface area contributed by atoms with E-state index in [0.717, 1.165) is 19.6 Å². The molecule has 0 unspecified atom stereocenters. The molecule has 84 valence electrons. The molecule has 1 aliphatic rings. The Morgan fingerprint density at radius 1 is 1.13 bits per heavy atom. The normalized spacial score (nSPS) is 17.3. The van der Waals surface area contributed by atoms with E-state index in [0.29, 0.717) is 0 Å². The van der Waals surface area contributed by atoms with Crippen molar-refractivity contribution in [3.63, 3.8) is 0 Å². The molecule has 0 atom stereocenters. The molecular formula is C10H19N5. The molecule has 1 fully saturated rings. The molecule has 0 radical (unpaired) electrons. The molecule has 15 heavy (non-hydrogen) atoms. The van der Waals surface area contributed by atoms with E-state index in [2.05, 4.69) is 20.3 Å². The molecule has 2 rings (SSSR count).